The summed E-state index contributed by atoms with van der Waals surface area (Å²) >= 11 is 1.95. The van der Waals surface area contributed by atoms with Crippen LogP contribution in [0.15, 0.2) is 47.6 Å². The van der Waals surface area contributed by atoms with Gasteiger partial charge in [-0.15, -0.1) is 0 Å². The van der Waals surface area contributed by atoms with Gasteiger partial charge in [0.25, 0.3) is 0 Å². The molecule has 6 nitrogen and oxygen atoms in total. The van der Waals surface area contributed by atoms with E-state index in [0.29, 0.717) is 17.5 Å². The zero-order valence-corrected chi connectivity index (χ0v) is 19.1. The number of esters is 1. The van der Waals surface area contributed by atoms with Crippen molar-refractivity contribution in [2.75, 3.05) is 31.7 Å². The van der Waals surface area contributed by atoms with Crippen molar-refractivity contribution in [3.8, 4) is 0 Å². The number of methoxy groups -OCH3 is 1. The Morgan fingerprint density at radius 2 is 1.88 bits per heavy atom. The summed E-state index contributed by atoms with van der Waals surface area (Å²) in [6.07, 6.45) is 3.84. The standard InChI is InChI=1S/C25H29N3O3S/c1-31-23(29)15-20-8-6-18-7-9-21(14-22(18)24(20)26)25(30)19-4-2-17(3-5-19)16-27-28-10-12-32-13-11-28/h2-5,7,9,14,16,20,24H,6,8,10-13,15,26H2,1H3. The number of aryl methyl sites for hydroxylation is 1. The third-order valence-electron chi connectivity index (χ3n) is 6.25. The molecule has 32 heavy (non-hydrogen) atoms. The van der Waals surface area contributed by atoms with Crippen LogP contribution < -0.4 is 5.73 Å². The van der Waals surface area contributed by atoms with E-state index in [4.69, 9.17) is 10.5 Å². The number of benzene rings is 2. The molecule has 0 aromatic heterocycles. The van der Waals surface area contributed by atoms with Crippen LogP contribution in [0.2, 0.25) is 0 Å². The lowest BCUT2D eigenvalue weighted by atomic mass is 9.77. The average Bonchev–Trinajstić information content (AvgIpc) is 2.84. The van der Waals surface area contributed by atoms with E-state index in [0.717, 1.165) is 54.1 Å². The summed E-state index contributed by atoms with van der Waals surface area (Å²) < 4.78 is 4.81. The third-order valence-corrected chi connectivity index (χ3v) is 7.19. The Bertz CT molecular complexity index is 1000. The zero-order valence-electron chi connectivity index (χ0n) is 18.3. The normalized spacial score (nSPS) is 20.8. The molecule has 7 heteroatoms. The minimum absolute atomic E-state index is 0.0253. The van der Waals surface area contributed by atoms with Gasteiger partial charge in [0.1, 0.15) is 0 Å². The van der Waals surface area contributed by atoms with Crippen molar-refractivity contribution in [1.29, 1.82) is 0 Å². The van der Waals surface area contributed by atoms with Crippen LogP contribution in [-0.4, -0.2) is 54.7 Å². The van der Waals surface area contributed by atoms with Crippen LogP contribution in [-0.2, 0) is 16.0 Å². The SMILES string of the molecule is COC(=O)CC1CCc2ccc(C(=O)c3ccc(C=NN4CCSCC4)cc3)cc2C1N. The summed E-state index contributed by atoms with van der Waals surface area (Å²) in [5.41, 5.74) is 10.8. The second-order valence-electron chi connectivity index (χ2n) is 8.28. The van der Waals surface area contributed by atoms with Crippen molar-refractivity contribution in [1.82, 2.24) is 5.01 Å². The second kappa shape index (κ2) is 10.3. The average molecular weight is 452 g/mol. The van der Waals surface area contributed by atoms with E-state index >= 15 is 0 Å². The lowest BCUT2D eigenvalue weighted by molar-refractivity contribution is -0.142. The highest BCUT2D eigenvalue weighted by molar-refractivity contribution is 7.99. The van der Waals surface area contributed by atoms with Gasteiger partial charge in [0.2, 0.25) is 0 Å². The third kappa shape index (κ3) is 5.22. The Balaban J connectivity index is 1.46. The van der Waals surface area contributed by atoms with Gasteiger partial charge in [-0.25, -0.2) is 0 Å². The Morgan fingerprint density at radius 3 is 2.59 bits per heavy atom. The van der Waals surface area contributed by atoms with Crippen LogP contribution in [0.5, 0.6) is 0 Å². The number of fused-ring (bicyclic) bond motifs is 1. The summed E-state index contributed by atoms with van der Waals surface area (Å²) in [6, 6.07) is 13.0. The predicted molar refractivity (Wildman–Crippen MR) is 128 cm³/mol. The number of nitrogens with zero attached hydrogens (tertiary/aromatic N) is 2. The van der Waals surface area contributed by atoms with E-state index in [1.54, 1.807) is 0 Å². The molecule has 0 amide bonds. The van der Waals surface area contributed by atoms with E-state index in [1.807, 2.05) is 60.4 Å². The molecule has 0 radical (unpaired) electrons. The number of ketones is 1. The van der Waals surface area contributed by atoms with Crippen LogP contribution in [0.3, 0.4) is 0 Å². The first-order valence-corrected chi connectivity index (χ1v) is 12.2. The Labute approximate surface area is 193 Å². The number of rotatable bonds is 6. The van der Waals surface area contributed by atoms with Gasteiger partial charge in [0, 0.05) is 41.8 Å². The minimum atomic E-state index is -0.280. The lowest BCUT2D eigenvalue weighted by Crippen LogP contribution is -2.29. The molecule has 1 heterocycles. The monoisotopic (exact) mass is 451 g/mol. The fraction of sp³-hybridized carbons (Fsp3) is 0.400. The summed E-state index contributed by atoms with van der Waals surface area (Å²) in [7, 11) is 1.39. The molecule has 1 aliphatic carbocycles. The van der Waals surface area contributed by atoms with E-state index in [9.17, 15) is 9.59 Å². The summed E-state index contributed by atoms with van der Waals surface area (Å²) in [5.74, 6) is 1.96. The van der Waals surface area contributed by atoms with E-state index in [2.05, 4.69) is 10.1 Å². The fourth-order valence-corrected chi connectivity index (χ4v) is 5.16. The van der Waals surface area contributed by atoms with Crippen molar-refractivity contribution in [2.24, 2.45) is 16.8 Å². The quantitative estimate of drug-likeness (QED) is 0.412. The van der Waals surface area contributed by atoms with Crippen LogP contribution in [0.4, 0.5) is 0 Å². The maximum Gasteiger partial charge on any atom is 0.305 e. The lowest BCUT2D eigenvalue weighted by Gasteiger charge is -2.30. The Kier molecular flexibility index (Phi) is 7.27. The number of hydrogen-bond acceptors (Lipinski definition) is 7. The Hall–Kier alpha value is -2.64. The van der Waals surface area contributed by atoms with Gasteiger partial charge in [-0.3, -0.25) is 14.6 Å². The Morgan fingerprint density at radius 1 is 1.16 bits per heavy atom. The number of hydrogen-bond donors (Lipinski definition) is 1. The van der Waals surface area contributed by atoms with Crippen molar-refractivity contribution in [3.05, 3.63) is 70.3 Å². The molecule has 4 rings (SSSR count). The van der Waals surface area contributed by atoms with Crippen molar-refractivity contribution < 1.29 is 14.3 Å². The highest BCUT2D eigenvalue weighted by atomic mass is 32.2. The van der Waals surface area contributed by atoms with Gasteiger partial charge >= 0.3 is 5.97 Å². The van der Waals surface area contributed by atoms with Gasteiger partial charge in [-0.2, -0.15) is 16.9 Å². The number of hydrazone groups is 1. The molecule has 2 aromatic rings. The van der Waals surface area contributed by atoms with Crippen LogP contribution in [0, 0.1) is 5.92 Å². The maximum absolute atomic E-state index is 13.1. The maximum atomic E-state index is 13.1. The van der Waals surface area contributed by atoms with E-state index in [1.165, 1.54) is 7.11 Å². The first-order valence-electron chi connectivity index (χ1n) is 11.0. The van der Waals surface area contributed by atoms with Crippen LogP contribution >= 0.6 is 11.8 Å². The number of thioether (sulfide) groups is 1. The van der Waals surface area contributed by atoms with Crippen molar-refractivity contribution in [3.63, 3.8) is 0 Å². The number of carbonyl (C=O) groups is 2. The van der Waals surface area contributed by atoms with Gasteiger partial charge in [0.05, 0.1) is 19.7 Å². The molecule has 0 spiro atoms. The number of nitrogens with two attached hydrogens (primary N) is 1. The minimum Gasteiger partial charge on any atom is -0.469 e. The number of carbonyl (C=O) groups excluding carboxylic acids is 2. The van der Waals surface area contributed by atoms with Gasteiger partial charge < -0.3 is 10.5 Å². The van der Waals surface area contributed by atoms with Gasteiger partial charge in [-0.1, -0.05) is 36.4 Å². The molecular weight excluding hydrogens is 422 g/mol. The van der Waals surface area contributed by atoms with Crippen LogP contribution in [0.1, 0.15) is 51.5 Å². The molecule has 1 aliphatic heterocycles. The second-order valence-corrected chi connectivity index (χ2v) is 9.50. The summed E-state index contributed by atoms with van der Waals surface area (Å²) in [6.45, 7) is 1.94. The highest BCUT2D eigenvalue weighted by Gasteiger charge is 2.29. The first-order chi connectivity index (χ1) is 15.5. The zero-order chi connectivity index (χ0) is 22.5. The fourth-order valence-electron chi connectivity index (χ4n) is 4.28. The highest BCUT2D eigenvalue weighted by Crippen LogP contribution is 2.35. The molecule has 2 aliphatic rings. The largest absolute Gasteiger partial charge is 0.469 e. The molecule has 0 saturated carbocycles. The smallest absolute Gasteiger partial charge is 0.305 e. The number of ether oxygens (including phenoxy) is 1. The first kappa shape index (κ1) is 22.6. The molecule has 0 bridgehead atoms. The summed E-state index contributed by atoms with van der Waals surface area (Å²) in [5, 5.41) is 6.62. The topological polar surface area (TPSA) is 85.0 Å². The van der Waals surface area contributed by atoms with Gasteiger partial charge in [-0.05, 0) is 41.5 Å². The summed E-state index contributed by atoms with van der Waals surface area (Å²) in [4.78, 5) is 24.8. The van der Waals surface area contributed by atoms with E-state index < -0.39 is 0 Å². The van der Waals surface area contributed by atoms with Crippen LogP contribution in [0.25, 0.3) is 0 Å². The molecule has 1 saturated heterocycles. The molecule has 168 valence electrons. The molecule has 2 atom stereocenters. The molecule has 2 unspecified atom stereocenters. The van der Waals surface area contributed by atoms with Gasteiger partial charge in [0.15, 0.2) is 5.78 Å². The molecule has 1 fully saturated rings. The predicted octanol–water partition coefficient (Wildman–Crippen LogP) is 3.43. The van der Waals surface area contributed by atoms with E-state index in [-0.39, 0.29) is 23.7 Å². The molecular formula is C25H29N3O3S. The van der Waals surface area contributed by atoms with Crippen molar-refractivity contribution >= 4 is 29.7 Å². The molecule has 2 aromatic carbocycles. The molecule has 2 N–H and O–H groups in total. The van der Waals surface area contributed by atoms with Crippen molar-refractivity contribution in [2.45, 2.75) is 25.3 Å².